The van der Waals surface area contributed by atoms with E-state index in [1.54, 1.807) is 12.1 Å². The molecular weight excluding hydrogens is 242 g/mol. The Bertz CT molecular complexity index is 493. The summed E-state index contributed by atoms with van der Waals surface area (Å²) in [5.41, 5.74) is 1.87. The molecule has 0 radical (unpaired) electrons. The van der Waals surface area contributed by atoms with Gasteiger partial charge in [-0.25, -0.2) is 13.1 Å². The molecule has 0 heterocycles. The number of carbonyl (C=O) groups is 1. The van der Waals surface area contributed by atoms with Gasteiger partial charge in [-0.05, 0) is 19.4 Å². The van der Waals surface area contributed by atoms with E-state index in [0.717, 1.165) is 18.1 Å². The number of sulfonamides is 1. The fourth-order valence-corrected chi connectivity index (χ4v) is 2.03. The number of carboxylic acid groups (broad SMARTS) is 1. The second kappa shape index (κ2) is 5.29. The minimum Gasteiger partial charge on any atom is -0.480 e. The van der Waals surface area contributed by atoms with Crippen LogP contribution >= 0.6 is 0 Å². The predicted molar refractivity (Wildman–Crippen MR) is 64.0 cm³/mol. The summed E-state index contributed by atoms with van der Waals surface area (Å²) in [5.74, 6) is -1.36. The number of hydrogen-bond donors (Lipinski definition) is 2. The van der Waals surface area contributed by atoms with Crippen molar-refractivity contribution in [1.82, 2.24) is 4.72 Å². The van der Waals surface area contributed by atoms with Gasteiger partial charge >= 0.3 is 5.97 Å². The van der Waals surface area contributed by atoms with E-state index < -0.39 is 21.2 Å². The summed E-state index contributed by atoms with van der Waals surface area (Å²) in [6.07, 6.45) is 0. The Kier molecular flexibility index (Phi) is 4.25. The Morgan fingerprint density at radius 3 is 2.35 bits per heavy atom. The molecular formula is C11H15NO4S. The molecule has 0 bridgehead atoms. The van der Waals surface area contributed by atoms with Gasteiger partial charge in [0.05, 0.1) is 0 Å². The molecule has 0 aliphatic heterocycles. The summed E-state index contributed by atoms with van der Waals surface area (Å²) < 4.78 is 25.3. The van der Waals surface area contributed by atoms with E-state index in [4.69, 9.17) is 5.11 Å². The lowest BCUT2D eigenvalue weighted by molar-refractivity contribution is -0.136. The highest BCUT2D eigenvalue weighted by atomic mass is 32.2. The van der Waals surface area contributed by atoms with Crippen molar-refractivity contribution in [3.05, 3.63) is 35.4 Å². The molecule has 1 aromatic carbocycles. The molecule has 6 heteroatoms. The van der Waals surface area contributed by atoms with Gasteiger partial charge < -0.3 is 5.11 Å². The van der Waals surface area contributed by atoms with Crippen LogP contribution in [0.15, 0.2) is 24.3 Å². The molecule has 1 unspecified atom stereocenters. The number of benzene rings is 1. The molecule has 1 aromatic rings. The normalized spacial score (nSPS) is 13.3. The van der Waals surface area contributed by atoms with Gasteiger partial charge in [0.15, 0.2) is 5.25 Å². The summed E-state index contributed by atoms with van der Waals surface area (Å²) in [7, 11) is -3.82. The van der Waals surface area contributed by atoms with Gasteiger partial charge in [0, 0.05) is 6.54 Å². The van der Waals surface area contributed by atoms with Crippen LogP contribution in [0.3, 0.4) is 0 Å². The monoisotopic (exact) mass is 257 g/mol. The molecule has 1 rings (SSSR count). The Hall–Kier alpha value is -1.40. The van der Waals surface area contributed by atoms with Gasteiger partial charge in [-0.1, -0.05) is 29.8 Å². The van der Waals surface area contributed by atoms with Crippen LogP contribution in [0, 0.1) is 6.92 Å². The second-order valence-electron chi connectivity index (χ2n) is 3.83. The highest BCUT2D eigenvalue weighted by molar-refractivity contribution is 7.90. The number of aliphatic carboxylic acids is 1. The summed E-state index contributed by atoms with van der Waals surface area (Å²) in [6.45, 7) is 3.17. The van der Waals surface area contributed by atoms with E-state index in [-0.39, 0.29) is 6.54 Å². The van der Waals surface area contributed by atoms with Crippen LogP contribution in [0.2, 0.25) is 0 Å². The third-order valence-corrected chi connectivity index (χ3v) is 4.09. The van der Waals surface area contributed by atoms with Crippen LogP contribution in [0.5, 0.6) is 0 Å². The maximum atomic E-state index is 11.5. The quantitative estimate of drug-likeness (QED) is 0.820. The zero-order chi connectivity index (χ0) is 13.1. The maximum Gasteiger partial charge on any atom is 0.323 e. The highest BCUT2D eigenvalue weighted by Crippen LogP contribution is 2.05. The van der Waals surface area contributed by atoms with Crippen molar-refractivity contribution in [3.8, 4) is 0 Å². The molecule has 5 nitrogen and oxygen atoms in total. The van der Waals surface area contributed by atoms with Gasteiger partial charge in [-0.15, -0.1) is 0 Å². The molecule has 2 N–H and O–H groups in total. The summed E-state index contributed by atoms with van der Waals surface area (Å²) >= 11 is 0. The van der Waals surface area contributed by atoms with Crippen molar-refractivity contribution in [3.63, 3.8) is 0 Å². The lowest BCUT2D eigenvalue weighted by Crippen LogP contribution is -2.37. The number of carboxylic acids is 1. The van der Waals surface area contributed by atoms with E-state index in [0.29, 0.717) is 0 Å². The minimum absolute atomic E-state index is 0.0975. The van der Waals surface area contributed by atoms with Crippen LogP contribution in [-0.4, -0.2) is 24.7 Å². The van der Waals surface area contributed by atoms with Crippen molar-refractivity contribution in [2.24, 2.45) is 0 Å². The molecule has 0 aromatic heterocycles. The average Bonchev–Trinajstić information content (AvgIpc) is 2.27. The van der Waals surface area contributed by atoms with E-state index in [2.05, 4.69) is 4.72 Å². The van der Waals surface area contributed by atoms with Crippen LogP contribution in [0.4, 0.5) is 0 Å². The first-order valence-electron chi connectivity index (χ1n) is 5.10. The Morgan fingerprint density at radius 2 is 1.88 bits per heavy atom. The fourth-order valence-electron chi connectivity index (χ4n) is 1.15. The third-order valence-electron chi connectivity index (χ3n) is 2.41. The first kappa shape index (κ1) is 13.7. The molecule has 0 fully saturated rings. The number of hydrogen-bond acceptors (Lipinski definition) is 3. The molecule has 17 heavy (non-hydrogen) atoms. The Morgan fingerprint density at radius 1 is 1.35 bits per heavy atom. The third kappa shape index (κ3) is 3.83. The van der Waals surface area contributed by atoms with Crippen LogP contribution in [-0.2, 0) is 21.4 Å². The predicted octanol–water partition coefficient (Wildman–Crippen LogP) is 0.888. The molecule has 0 spiro atoms. The van der Waals surface area contributed by atoms with Crippen molar-refractivity contribution >= 4 is 16.0 Å². The Labute approximate surface area is 101 Å². The maximum absolute atomic E-state index is 11.5. The van der Waals surface area contributed by atoms with Crippen molar-refractivity contribution < 1.29 is 18.3 Å². The number of nitrogens with one attached hydrogen (secondary N) is 1. The lowest BCUT2D eigenvalue weighted by atomic mass is 10.2. The molecule has 0 aliphatic carbocycles. The summed E-state index contributed by atoms with van der Waals surface area (Å²) in [5, 5.41) is 7.18. The standard InChI is InChI=1S/C11H15NO4S/c1-8-3-5-10(6-4-8)7-12-17(15,16)9(2)11(13)14/h3-6,9,12H,7H2,1-2H3,(H,13,14). The molecule has 0 amide bonds. The van der Waals surface area contributed by atoms with Gasteiger partial charge in [0.25, 0.3) is 0 Å². The lowest BCUT2D eigenvalue weighted by Gasteiger charge is -2.10. The molecule has 0 saturated carbocycles. The number of rotatable bonds is 5. The minimum atomic E-state index is -3.82. The average molecular weight is 257 g/mol. The van der Waals surface area contributed by atoms with Crippen LogP contribution < -0.4 is 4.72 Å². The zero-order valence-electron chi connectivity index (χ0n) is 9.67. The molecule has 0 aliphatic rings. The number of aryl methyl sites for hydroxylation is 1. The van der Waals surface area contributed by atoms with E-state index in [9.17, 15) is 13.2 Å². The van der Waals surface area contributed by atoms with Gasteiger partial charge in [-0.3, -0.25) is 4.79 Å². The highest BCUT2D eigenvalue weighted by Gasteiger charge is 2.26. The fraction of sp³-hybridized carbons (Fsp3) is 0.364. The first-order valence-corrected chi connectivity index (χ1v) is 6.64. The van der Waals surface area contributed by atoms with Crippen molar-refractivity contribution in [1.29, 1.82) is 0 Å². The van der Waals surface area contributed by atoms with Crippen molar-refractivity contribution in [2.45, 2.75) is 25.6 Å². The van der Waals surface area contributed by atoms with Gasteiger partial charge in [0.1, 0.15) is 0 Å². The van der Waals surface area contributed by atoms with Gasteiger partial charge in [-0.2, -0.15) is 0 Å². The SMILES string of the molecule is Cc1ccc(CNS(=O)(=O)C(C)C(=O)O)cc1. The topological polar surface area (TPSA) is 83.5 Å². The Balaban J connectivity index is 2.68. The molecule has 1 atom stereocenters. The zero-order valence-corrected chi connectivity index (χ0v) is 10.5. The van der Waals surface area contributed by atoms with Crippen molar-refractivity contribution in [2.75, 3.05) is 0 Å². The summed E-state index contributed by atoms with van der Waals surface area (Å²) in [6, 6.07) is 7.32. The van der Waals surface area contributed by atoms with Crippen LogP contribution in [0.1, 0.15) is 18.1 Å². The molecule has 0 saturated heterocycles. The van der Waals surface area contributed by atoms with E-state index in [1.165, 1.54) is 0 Å². The molecule has 94 valence electrons. The van der Waals surface area contributed by atoms with Gasteiger partial charge in [0.2, 0.25) is 10.0 Å². The van der Waals surface area contributed by atoms with E-state index in [1.807, 2.05) is 19.1 Å². The van der Waals surface area contributed by atoms with Crippen LogP contribution in [0.25, 0.3) is 0 Å². The van der Waals surface area contributed by atoms with E-state index >= 15 is 0 Å². The largest absolute Gasteiger partial charge is 0.480 e. The smallest absolute Gasteiger partial charge is 0.323 e. The first-order chi connectivity index (χ1) is 7.83. The second-order valence-corrected chi connectivity index (χ2v) is 5.92. The summed E-state index contributed by atoms with van der Waals surface area (Å²) in [4.78, 5) is 10.6.